The molecule has 0 aromatic heterocycles. The number of carbonyl (C=O) groups is 11. The van der Waals surface area contributed by atoms with Crippen molar-refractivity contribution >= 4 is 82.8 Å². The van der Waals surface area contributed by atoms with E-state index in [4.69, 9.17) is 22.9 Å². The highest BCUT2D eigenvalue weighted by molar-refractivity contribution is 8.05. The standard InChI is InChI=1S/C63H88N12O12S/c1-35(2)30-45(70-56(79)43(66)20-10-12-27-64)57(80)71-46(31-38-16-8-7-9-17-38)58(81)73-51(36(3)4)61(84)72-47(33-50(67)76)59(82)74-52(37(5)6)62(85)75-29-15-22-48(75)60(83)68-34-40-25-23-39(24-26-40)32-49-53(77)41-18-14-19-42(54(41)88-49)55(78)69-44(63(86)87)21-11-13-28-65/h7-9,14,16-19,23-26,32,35-37,43-48,51-52H,10-13,15,20-22,27-31,33-34,64-66H2,1-6H3,(H2,67,76)(H,68,83)(H,69,78)(H,70,79)(H,71,80)(H,72,84)(H,73,81)(H,74,82)(H,86,87)/b49-32+/t43-,44-,45-,46-,47-,48-,51-,52-/m0/s1. The van der Waals surface area contributed by atoms with Gasteiger partial charge in [-0.1, -0.05) is 120 Å². The number of nitrogens with two attached hydrogens (primary N) is 4. The molecule has 0 spiro atoms. The van der Waals surface area contributed by atoms with Gasteiger partial charge in [0.15, 0.2) is 0 Å². The number of ketones is 1. The molecule has 1 fully saturated rings. The Bertz CT molecular complexity index is 3000. The summed E-state index contributed by atoms with van der Waals surface area (Å²) in [5, 5.41) is 28.7. The molecule has 478 valence electrons. The van der Waals surface area contributed by atoms with Crippen LogP contribution in [0.25, 0.3) is 6.08 Å². The van der Waals surface area contributed by atoms with Gasteiger partial charge in [-0.3, -0.25) is 47.9 Å². The molecule has 2 aliphatic heterocycles. The highest BCUT2D eigenvalue weighted by Gasteiger charge is 2.41. The number of Topliss-reactive ketones (excluding diaryl/α,β-unsaturated/α-hetero) is 1. The first kappa shape index (κ1) is 70.8. The van der Waals surface area contributed by atoms with E-state index in [2.05, 4.69) is 37.2 Å². The number of nitrogens with one attached hydrogen (secondary N) is 7. The molecule has 8 atom stereocenters. The van der Waals surface area contributed by atoms with Gasteiger partial charge in [0, 0.05) is 30.0 Å². The van der Waals surface area contributed by atoms with Gasteiger partial charge in [-0.15, -0.1) is 0 Å². The van der Waals surface area contributed by atoms with Gasteiger partial charge in [-0.05, 0) is 117 Å². The number of likely N-dealkylation sites (tertiary alicyclic amines) is 1. The van der Waals surface area contributed by atoms with Crippen LogP contribution in [-0.2, 0) is 56.1 Å². The van der Waals surface area contributed by atoms with Gasteiger partial charge in [-0.2, -0.15) is 0 Å². The average molecular weight is 1240 g/mol. The lowest BCUT2D eigenvalue weighted by Crippen LogP contribution is -2.61. The van der Waals surface area contributed by atoms with Crippen LogP contribution >= 0.6 is 11.8 Å². The van der Waals surface area contributed by atoms with Crippen LogP contribution < -0.4 is 60.2 Å². The maximum atomic E-state index is 14.4. The molecule has 1 saturated heterocycles. The summed E-state index contributed by atoms with van der Waals surface area (Å²) in [7, 11) is 0. The first-order valence-electron chi connectivity index (χ1n) is 30.1. The third-order valence-corrected chi connectivity index (χ3v) is 16.3. The zero-order valence-corrected chi connectivity index (χ0v) is 51.9. The largest absolute Gasteiger partial charge is 0.480 e. The Labute approximate surface area is 518 Å². The maximum Gasteiger partial charge on any atom is 0.326 e. The van der Waals surface area contributed by atoms with Crippen LogP contribution in [0, 0.1) is 17.8 Å². The smallest absolute Gasteiger partial charge is 0.326 e. The minimum atomic E-state index is -1.61. The molecule has 88 heavy (non-hydrogen) atoms. The molecule has 0 saturated carbocycles. The molecule has 0 radical (unpaired) electrons. The molecular formula is C63H88N12O12S. The molecule has 3 aromatic carbocycles. The van der Waals surface area contributed by atoms with Crippen molar-refractivity contribution in [2.75, 3.05) is 19.6 Å². The number of amides is 9. The number of hydrogen-bond donors (Lipinski definition) is 12. The van der Waals surface area contributed by atoms with Crippen LogP contribution in [0.3, 0.4) is 0 Å². The van der Waals surface area contributed by atoms with Gasteiger partial charge in [0.1, 0.15) is 42.3 Å². The van der Waals surface area contributed by atoms with E-state index in [1.54, 1.807) is 107 Å². The zero-order valence-electron chi connectivity index (χ0n) is 51.1. The molecule has 2 aliphatic rings. The first-order valence-corrected chi connectivity index (χ1v) is 30.9. The number of carbonyl (C=O) groups excluding carboxylic acids is 10. The van der Waals surface area contributed by atoms with Gasteiger partial charge in [-0.25, -0.2) is 4.79 Å². The number of carboxylic acid groups (broad SMARTS) is 1. The second-order valence-electron chi connectivity index (χ2n) is 23.4. The van der Waals surface area contributed by atoms with E-state index < -0.39 is 126 Å². The van der Waals surface area contributed by atoms with Crippen molar-refractivity contribution in [3.05, 3.63) is 106 Å². The number of unbranched alkanes of at least 4 members (excludes halogenated alkanes) is 2. The third kappa shape index (κ3) is 20.8. The number of allylic oxidation sites excluding steroid dienone is 1. The normalized spacial score (nSPS) is 16.6. The number of hydrogen-bond acceptors (Lipinski definition) is 15. The van der Waals surface area contributed by atoms with E-state index in [0.717, 1.165) is 11.8 Å². The summed E-state index contributed by atoms with van der Waals surface area (Å²) >= 11 is 1.11. The second-order valence-corrected chi connectivity index (χ2v) is 24.5. The first-order chi connectivity index (χ1) is 41.8. The van der Waals surface area contributed by atoms with Crippen LogP contribution in [0.5, 0.6) is 0 Å². The van der Waals surface area contributed by atoms with E-state index in [9.17, 15) is 57.8 Å². The molecule has 9 amide bonds. The predicted octanol–water partition coefficient (Wildman–Crippen LogP) is 2.29. The zero-order chi connectivity index (χ0) is 64.8. The summed E-state index contributed by atoms with van der Waals surface area (Å²) in [6.45, 7) is 11.5. The van der Waals surface area contributed by atoms with Crippen molar-refractivity contribution in [1.82, 2.24) is 42.1 Å². The van der Waals surface area contributed by atoms with Gasteiger partial charge >= 0.3 is 5.97 Å². The summed E-state index contributed by atoms with van der Waals surface area (Å²) in [5.41, 5.74) is 25.5. The number of benzene rings is 3. The fraction of sp³-hybridized carbons (Fsp3) is 0.508. The van der Waals surface area contributed by atoms with Crippen LogP contribution in [0.4, 0.5) is 0 Å². The molecule has 0 aliphatic carbocycles. The number of aliphatic carboxylic acids is 1. The van der Waals surface area contributed by atoms with Crippen LogP contribution in [0.15, 0.2) is 82.6 Å². The lowest BCUT2D eigenvalue weighted by molar-refractivity contribution is -0.143. The number of fused-ring (bicyclic) bond motifs is 1. The summed E-state index contributed by atoms with van der Waals surface area (Å²) in [4.78, 5) is 152. The summed E-state index contributed by atoms with van der Waals surface area (Å²) < 4.78 is 0. The Kier molecular flexibility index (Phi) is 27.8. The van der Waals surface area contributed by atoms with Crippen molar-refractivity contribution < 1.29 is 57.8 Å². The minimum Gasteiger partial charge on any atom is -0.480 e. The maximum absolute atomic E-state index is 14.4. The molecule has 2 heterocycles. The summed E-state index contributed by atoms with van der Waals surface area (Å²) in [6.07, 6.45) is 4.98. The second kappa shape index (κ2) is 34.5. The predicted molar refractivity (Wildman–Crippen MR) is 333 cm³/mol. The molecule has 16 N–H and O–H groups in total. The fourth-order valence-corrected chi connectivity index (χ4v) is 11.4. The number of carboxylic acids is 1. The Morgan fingerprint density at radius 1 is 0.659 bits per heavy atom. The van der Waals surface area contributed by atoms with Crippen molar-refractivity contribution in [2.24, 2.45) is 40.7 Å². The van der Waals surface area contributed by atoms with Crippen LogP contribution in [0.2, 0.25) is 0 Å². The van der Waals surface area contributed by atoms with E-state index in [1.807, 2.05) is 13.8 Å². The van der Waals surface area contributed by atoms with Crippen LogP contribution in [0.1, 0.15) is 143 Å². The molecular weight excluding hydrogens is 1150 g/mol. The molecule has 0 unspecified atom stereocenters. The SMILES string of the molecule is CC(C)C[C@H](NC(=O)[C@@H](N)CCCCN)C(=O)N[C@@H](Cc1ccccc1)C(=O)N[C@H](C(=O)N[C@@H](CC(N)=O)C(=O)N[C@H](C(=O)N1CCC[C@H]1C(=O)NCc1ccc(/C=C2/Sc3c(C(=O)N[C@@H](CCCCN)C(=O)O)cccc3C2=O)cc1)C(C)C)C(C)C. The number of primary amides is 1. The minimum absolute atomic E-state index is 0.0107. The van der Waals surface area contributed by atoms with Crippen molar-refractivity contribution in [3.8, 4) is 0 Å². The molecule has 24 nitrogen and oxygen atoms in total. The van der Waals surface area contributed by atoms with Gasteiger partial charge < -0.3 is 70.2 Å². The van der Waals surface area contributed by atoms with E-state index in [0.29, 0.717) is 90.1 Å². The number of thioether (sulfide) groups is 1. The average Bonchev–Trinajstić information content (AvgIpc) is 1.82. The van der Waals surface area contributed by atoms with Crippen molar-refractivity contribution in [2.45, 2.75) is 172 Å². The van der Waals surface area contributed by atoms with Gasteiger partial charge in [0.05, 0.1) is 22.9 Å². The number of rotatable bonds is 34. The van der Waals surface area contributed by atoms with Crippen molar-refractivity contribution in [3.63, 3.8) is 0 Å². The lowest BCUT2D eigenvalue weighted by Gasteiger charge is -2.32. The van der Waals surface area contributed by atoms with Crippen LogP contribution in [-0.4, -0.2) is 143 Å². The molecule has 25 heteroatoms. The number of nitrogens with zero attached hydrogens (tertiary/aromatic N) is 1. The molecule has 3 aromatic rings. The summed E-state index contributed by atoms with van der Waals surface area (Å²) in [5.74, 6) is -8.99. The monoisotopic (exact) mass is 1240 g/mol. The van der Waals surface area contributed by atoms with Gasteiger partial charge in [0.2, 0.25) is 53.0 Å². The Morgan fingerprint density at radius 3 is 1.88 bits per heavy atom. The van der Waals surface area contributed by atoms with E-state index >= 15 is 0 Å². The third-order valence-electron chi connectivity index (χ3n) is 15.2. The highest BCUT2D eigenvalue weighted by Crippen LogP contribution is 2.43. The van der Waals surface area contributed by atoms with Gasteiger partial charge in [0.25, 0.3) is 5.91 Å². The molecule has 0 bridgehead atoms. The Morgan fingerprint density at radius 2 is 1.26 bits per heavy atom. The van der Waals surface area contributed by atoms with E-state index in [1.165, 1.54) is 4.90 Å². The quantitative estimate of drug-likeness (QED) is 0.0301. The summed E-state index contributed by atoms with van der Waals surface area (Å²) in [6, 6.07) is 11.2. The van der Waals surface area contributed by atoms with E-state index in [-0.39, 0.29) is 49.6 Å². The molecule has 5 rings (SSSR count). The fourth-order valence-electron chi connectivity index (χ4n) is 10.2. The Hall–Kier alpha value is -8.00. The highest BCUT2D eigenvalue weighted by atomic mass is 32.2. The lowest BCUT2D eigenvalue weighted by atomic mass is 9.98. The Balaban J connectivity index is 1.22. The topological polar surface area (TPSA) is 400 Å². The van der Waals surface area contributed by atoms with Crippen molar-refractivity contribution in [1.29, 1.82) is 0 Å².